The maximum absolute atomic E-state index is 11.9. The number of hydrogen-bond donors (Lipinski definition) is 1. The van der Waals surface area contributed by atoms with Gasteiger partial charge in [0.15, 0.2) is 0 Å². The SMILES string of the molecule is FC(F)(F)CNc1cccc(Br)c1Cl. The average Bonchev–Trinajstić information content (AvgIpc) is 2.06. The summed E-state index contributed by atoms with van der Waals surface area (Å²) in [4.78, 5) is 0. The van der Waals surface area contributed by atoms with Gasteiger partial charge >= 0.3 is 6.18 Å². The van der Waals surface area contributed by atoms with Crippen molar-refractivity contribution in [1.29, 1.82) is 0 Å². The quantitative estimate of drug-likeness (QED) is 0.865. The van der Waals surface area contributed by atoms with Gasteiger partial charge in [0.2, 0.25) is 0 Å². The second-order valence-corrected chi connectivity index (χ2v) is 3.80. The summed E-state index contributed by atoms with van der Waals surface area (Å²) in [5, 5.41) is 2.45. The normalized spacial score (nSPS) is 11.5. The Kier molecular flexibility index (Phi) is 3.66. The number of alkyl halides is 3. The number of halogens is 5. The molecule has 6 heteroatoms. The average molecular weight is 288 g/mol. The lowest BCUT2D eigenvalue weighted by molar-refractivity contribution is -0.115. The third-order valence-corrected chi connectivity index (χ3v) is 2.73. The molecule has 0 radical (unpaired) electrons. The first-order valence-electron chi connectivity index (χ1n) is 3.65. The Morgan fingerprint density at radius 1 is 1.36 bits per heavy atom. The molecule has 1 aromatic carbocycles. The van der Waals surface area contributed by atoms with E-state index in [1.165, 1.54) is 6.07 Å². The number of benzene rings is 1. The molecule has 78 valence electrons. The fourth-order valence-electron chi connectivity index (χ4n) is 0.836. The van der Waals surface area contributed by atoms with Crippen molar-refractivity contribution in [2.75, 3.05) is 11.9 Å². The van der Waals surface area contributed by atoms with Crippen molar-refractivity contribution in [3.8, 4) is 0 Å². The predicted octanol–water partition coefficient (Wildman–Crippen LogP) is 4.08. The van der Waals surface area contributed by atoms with Gasteiger partial charge in [0.25, 0.3) is 0 Å². The van der Waals surface area contributed by atoms with Crippen molar-refractivity contribution in [3.63, 3.8) is 0 Å². The van der Waals surface area contributed by atoms with Crippen molar-refractivity contribution >= 4 is 33.2 Å². The fraction of sp³-hybridized carbons (Fsp3) is 0.250. The summed E-state index contributed by atoms with van der Waals surface area (Å²) in [6.45, 7) is -1.09. The lowest BCUT2D eigenvalue weighted by Crippen LogP contribution is -2.21. The molecule has 0 aliphatic heterocycles. The summed E-state index contributed by atoms with van der Waals surface area (Å²) in [5.74, 6) is 0. The van der Waals surface area contributed by atoms with Crippen molar-refractivity contribution in [1.82, 2.24) is 0 Å². The van der Waals surface area contributed by atoms with Gasteiger partial charge in [-0.25, -0.2) is 0 Å². The third-order valence-electron chi connectivity index (χ3n) is 1.43. The predicted molar refractivity (Wildman–Crippen MR) is 53.7 cm³/mol. The van der Waals surface area contributed by atoms with Gasteiger partial charge in [-0.2, -0.15) is 13.2 Å². The lowest BCUT2D eigenvalue weighted by atomic mass is 10.3. The van der Waals surface area contributed by atoms with Gasteiger partial charge in [0.05, 0.1) is 10.7 Å². The Labute approximate surface area is 92.4 Å². The zero-order chi connectivity index (χ0) is 10.8. The first kappa shape index (κ1) is 11.7. The molecule has 1 N–H and O–H groups in total. The maximum atomic E-state index is 11.9. The Bertz CT molecular complexity index is 327. The zero-order valence-electron chi connectivity index (χ0n) is 6.83. The van der Waals surface area contributed by atoms with Gasteiger partial charge in [-0.3, -0.25) is 0 Å². The number of rotatable bonds is 2. The summed E-state index contributed by atoms with van der Waals surface area (Å²) in [7, 11) is 0. The summed E-state index contributed by atoms with van der Waals surface area (Å²) >= 11 is 8.86. The van der Waals surface area contributed by atoms with Crippen molar-refractivity contribution in [2.24, 2.45) is 0 Å². The van der Waals surface area contributed by atoms with Gasteiger partial charge in [-0.05, 0) is 28.1 Å². The van der Waals surface area contributed by atoms with Crippen molar-refractivity contribution in [2.45, 2.75) is 6.18 Å². The molecule has 0 aliphatic carbocycles. The first-order chi connectivity index (χ1) is 6.40. The highest BCUT2D eigenvalue weighted by Gasteiger charge is 2.26. The van der Waals surface area contributed by atoms with Crippen LogP contribution in [0.25, 0.3) is 0 Å². The largest absolute Gasteiger partial charge is 0.405 e. The van der Waals surface area contributed by atoms with Crippen molar-refractivity contribution < 1.29 is 13.2 Å². The minimum atomic E-state index is -4.24. The molecule has 0 fully saturated rings. The van der Waals surface area contributed by atoms with Crippen LogP contribution >= 0.6 is 27.5 Å². The van der Waals surface area contributed by atoms with Gasteiger partial charge < -0.3 is 5.32 Å². The van der Waals surface area contributed by atoms with E-state index in [0.717, 1.165) is 0 Å². The molecule has 0 aromatic heterocycles. The lowest BCUT2D eigenvalue weighted by Gasteiger charge is -2.11. The second-order valence-electron chi connectivity index (χ2n) is 2.57. The topological polar surface area (TPSA) is 12.0 Å². The van der Waals surface area contributed by atoms with Crippen LogP contribution in [0, 0.1) is 0 Å². The highest BCUT2D eigenvalue weighted by atomic mass is 79.9. The van der Waals surface area contributed by atoms with Crippen LogP contribution in [0.2, 0.25) is 5.02 Å². The van der Waals surface area contributed by atoms with E-state index in [9.17, 15) is 13.2 Å². The Morgan fingerprint density at radius 3 is 2.57 bits per heavy atom. The highest BCUT2D eigenvalue weighted by molar-refractivity contribution is 9.10. The minimum absolute atomic E-state index is 0.247. The van der Waals surface area contributed by atoms with E-state index in [1.807, 2.05) is 0 Å². The first-order valence-corrected chi connectivity index (χ1v) is 4.82. The molecule has 0 saturated heterocycles. The molecular weight excluding hydrogens is 282 g/mol. The Morgan fingerprint density at radius 2 is 2.00 bits per heavy atom. The number of anilines is 1. The van der Waals surface area contributed by atoms with E-state index in [2.05, 4.69) is 21.2 Å². The molecule has 0 unspecified atom stereocenters. The van der Waals surface area contributed by atoms with Crippen LogP contribution in [0.1, 0.15) is 0 Å². The Hall–Kier alpha value is -0.420. The van der Waals surface area contributed by atoms with E-state index >= 15 is 0 Å². The highest BCUT2D eigenvalue weighted by Crippen LogP contribution is 2.30. The van der Waals surface area contributed by atoms with Crippen molar-refractivity contribution in [3.05, 3.63) is 27.7 Å². The minimum Gasteiger partial charge on any atom is -0.375 e. The van der Waals surface area contributed by atoms with Crippen LogP contribution in [-0.4, -0.2) is 12.7 Å². The molecule has 0 spiro atoms. The molecule has 0 aliphatic rings. The van der Waals surface area contributed by atoms with Gasteiger partial charge in [-0.15, -0.1) is 0 Å². The summed E-state index contributed by atoms with van der Waals surface area (Å²) in [6, 6.07) is 4.74. The number of hydrogen-bond acceptors (Lipinski definition) is 1. The summed E-state index contributed by atoms with van der Waals surface area (Å²) < 4.78 is 36.1. The van der Waals surface area contributed by atoms with E-state index in [1.54, 1.807) is 12.1 Å². The summed E-state index contributed by atoms with van der Waals surface area (Å²) in [6.07, 6.45) is -4.24. The van der Waals surface area contributed by atoms with Crippen LogP contribution in [0.15, 0.2) is 22.7 Å². The van der Waals surface area contributed by atoms with E-state index < -0.39 is 12.7 Å². The summed E-state index contributed by atoms with van der Waals surface area (Å²) in [5.41, 5.74) is 0.262. The standard InChI is InChI=1S/C8H6BrClF3N/c9-5-2-1-3-6(7(5)10)14-4-8(11,12)13/h1-3,14H,4H2. The van der Waals surface area contributed by atoms with Crippen LogP contribution in [-0.2, 0) is 0 Å². The van der Waals surface area contributed by atoms with E-state index in [4.69, 9.17) is 11.6 Å². The zero-order valence-corrected chi connectivity index (χ0v) is 9.17. The van der Waals surface area contributed by atoms with E-state index in [0.29, 0.717) is 4.47 Å². The molecule has 1 rings (SSSR count). The maximum Gasteiger partial charge on any atom is 0.405 e. The molecular formula is C8H6BrClF3N. The molecule has 1 nitrogen and oxygen atoms in total. The molecule has 14 heavy (non-hydrogen) atoms. The van der Waals surface area contributed by atoms with Gasteiger partial charge in [0.1, 0.15) is 6.54 Å². The third kappa shape index (κ3) is 3.38. The molecule has 1 aromatic rings. The molecule has 0 saturated carbocycles. The number of nitrogens with one attached hydrogen (secondary N) is 1. The smallest absolute Gasteiger partial charge is 0.375 e. The molecule has 0 amide bonds. The fourth-order valence-corrected chi connectivity index (χ4v) is 1.39. The molecule has 0 heterocycles. The van der Waals surface area contributed by atoms with Gasteiger partial charge in [0, 0.05) is 4.47 Å². The van der Waals surface area contributed by atoms with Crippen LogP contribution in [0.4, 0.5) is 18.9 Å². The molecule has 0 bridgehead atoms. The monoisotopic (exact) mass is 287 g/mol. The Balaban J connectivity index is 2.73. The van der Waals surface area contributed by atoms with Crippen LogP contribution < -0.4 is 5.32 Å². The second kappa shape index (κ2) is 4.40. The van der Waals surface area contributed by atoms with Gasteiger partial charge in [-0.1, -0.05) is 17.7 Å². The van der Waals surface area contributed by atoms with E-state index in [-0.39, 0.29) is 10.7 Å². The van der Waals surface area contributed by atoms with Crippen LogP contribution in [0.3, 0.4) is 0 Å². The van der Waals surface area contributed by atoms with Crippen LogP contribution in [0.5, 0.6) is 0 Å². The molecule has 0 atom stereocenters.